The lowest BCUT2D eigenvalue weighted by Gasteiger charge is -2.41. The minimum absolute atomic E-state index is 0.194. The molecule has 3 aliphatic heterocycles. The van der Waals surface area contributed by atoms with Crippen molar-refractivity contribution in [2.75, 3.05) is 18.9 Å². The number of nitrogens with zero attached hydrogens (tertiary/aromatic N) is 3. The third-order valence-electron chi connectivity index (χ3n) is 6.92. The van der Waals surface area contributed by atoms with Gasteiger partial charge in [-0.1, -0.05) is 48.2 Å². The third kappa shape index (κ3) is 2.55. The van der Waals surface area contributed by atoms with Crippen LogP contribution < -0.4 is 5.32 Å². The number of likely N-dealkylation sites (N-methyl/N-ethyl adjacent to an activating group) is 1. The van der Waals surface area contributed by atoms with Crippen LogP contribution in [0.3, 0.4) is 0 Å². The number of furan rings is 1. The fraction of sp³-hybridized carbons (Fsp3) is 0.250. The summed E-state index contributed by atoms with van der Waals surface area (Å²) in [6, 6.07) is 16.9. The summed E-state index contributed by atoms with van der Waals surface area (Å²) in [4.78, 5) is 36.5. The highest BCUT2D eigenvalue weighted by Gasteiger charge is 2.78. The molecule has 33 heavy (non-hydrogen) atoms. The Morgan fingerprint density at radius 3 is 2.76 bits per heavy atom. The Morgan fingerprint density at radius 1 is 1.18 bits per heavy atom. The Bertz CT molecular complexity index is 1280. The molecule has 3 atom stereocenters. The van der Waals surface area contributed by atoms with Gasteiger partial charge in [-0.05, 0) is 37.4 Å². The van der Waals surface area contributed by atoms with E-state index >= 15 is 0 Å². The summed E-state index contributed by atoms with van der Waals surface area (Å²) < 4.78 is 4.73. The molecule has 0 radical (unpaired) electrons. The highest BCUT2D eigenvalue weighted by molar-refractivity contribution is 8.25. The molecular weight excluding hydrogens is 456 g/mol. The summed E-state index contributed by atoms with van der Waals surface area (Å²) in [7, 11) is 1.90. The number of anilines is 1. The monoisotopic (exact) mass is 476 g/mol. The van der Waals surface area contributed by atoms with Crippen LogP contribution in [0, 0.1) is 0 Å². The van der Waals surface area contributed by atoms with E-state index in [1.54, 1.807) is 23.4 Å². The average molecular weight is 477 g/mol. The van der Waals surface area contributed by atoms with Crippen molar-refractivity contribution in [2.45, 2.75) is 22.7 Å². The van der Waals surface area contributed by atoms with Gasteiger partial charge in [0.15, 0.2) is 5.54 Å². The summed E-state index contributed by atoms with van der Waals surface area (Å²) in [5.41, 5.74) is 1.05. The molecule has 2 saturated heterocycles. The van der Waals surface area contributed by atoms with E-state index in [-0.39, 0.29) is 24.3 Å². The number of thioether (sulfide) groups is 1. The molecule has 9 heteroatoms. The molecule has 166 valence electrons. The number of carbonyl (C=O) groups excluding carboxylic acids is 2. The van der Waals surface area contributed by atoms with E-state index in [9.17, 15) is 9.59 Å². The van der Waals surface area contributed by atoms with Crippen LogP contribution in [0.5, 0.6) is 0 Å². The van der Waals surface area contributed by atoms with Gasteiger partial charge < -0.3 is 9.73 Å². The maximum absolute atomic E-state index is 14.5. The van der Waals surface area contributed by atoms with E-state index in [0.717, 1.165) is 16.9 Å². The van der Waals surface area contributed by atoms with Crippen LogP contribution in [0.2, 0.25) is 0 Å². The summed E-state index contributed by atoms with van der Waals surface area (Å²) in [6.07, 6.45) is 3.30. The molecule has 2 amide bonds. The average Bonchev–Trinajstić information content (AvgIpc) is 3.55. The molecule has 0 saturated carbocycles. The van der Waals surface area contributed by atoms with E-state index in [2.05, 4.69) is 10.3 Å². The second-order valence-corrected chi connectivity index (χ2v) is 10.4. The quantitative estimate of drug-likeness (QED) is 0.581. The van der Waals surface area contributed by atoms with Crippen LogP contribution >= 0.6 is 24.0 Å². The van der Waals surface area contributed by atoms with Crippen LogP contribution in [0.4, 0.5) is 5.69 Å². The second kappa shape index (κ2) is 7.24. The number of carbonyl (C=O) groups is 2. The maximum atomic E-state index is 14.5. The largest absolute Gasteiger partial charge is 0.467 e. The Hall–Kier alpha value is -3.01. The molecule has 1 aromatic carbocycles. The number of pyridine rings is 1. The SMILES string of the molecule is CN1C[C@H](c2ccccn2)[C@@]2(SC(=S)N(Cc3ccco3)C2=O)[C@@]12C(=O)Nc1ccccc12. The van der Waals surface area contributed by atoms with Crippen molar-refractivity contribution >= 4 is 45.8 Å². The van der Waals surface area contributed by atoms with Crippen molar-refractivity contribution in [3.05, 3.63) is 84.1 Å². The number of para-hydroxylation sites is 1. The minimum Gasteiger partial charge on any atom is -0.467 e. The second-order valence-electron chi connectivity index (χ2n) is 8.47. The molecule has 2 fully saturated rings. The van der Waals surface area contributed by atoms with Gasteiger partial charge in [-0.15, -0.1) is 0 Å². The van der Waals surface area contributed by atoms with Crippen LogP contribution in [0.25, 0.3) is 0 Å². The molecule has 1 N–H and O–H groups in total. The molecule has 5 heterocycles. The van der Waals surface area contributed by atoms with Gasteiger partial charge in [0.2, 0.25) is 5.91 Å². The van der Waals surface area contributed by atoms with Crippen LogP contribution in [-0.2, 0) is 21.7 Å². The normalized spacial score (nSPS) is 28.8. The highest BCUT2D eigenvalue weighted by Crippen LogP contribution is 2.65. The number of likely N-dealkylation sites (tertiary alicyclic amines) is 1. The van der Waals surface area contributed by atoms with Crippen molar-refractivity contribution in [2.24, 2.45) is 0 Å². The van der Waals surface area contributed by atoms with E-state index in [4.69, 9.17) is 16.6 Å². The zero-order chi connectivity index (χ0) is 22.8. The molecule has 3 aliphatic rings. The number of aromatic nitrogens is 1. The van der Waals surface area contributed by atoms with E-state index in [0.29, 0.717) is 16.6 Å². The maximum Gasteiger partial charge on any atom is 0.251 e. The Labute approximate surface area is 200 Å². The minimum atomic E-state index is -1.23. The molecule has 6 rings (SSSR count). The van der Waals surface area contributed by atoms with E-state index in [1.165, 1.54) is 11.8 Å². The Morgan fingerprint density at radius 2 is 2.00 bits per heavy atom. The molecule has 0 bridgehead atoms. The first-order chi connectivity index (χ1) is 16.0. The first-order valence-electron chi connectivity index (χ1n) is 10.6. The summed E-state index contributed by atoms with van der Waals surface area (Å²) in [6.45, 7) is 0.701. The van der Waals surface area contributed by atoms with Gasteiger partial charge in [-0.2, -0.15) is 0 Å². The molecule has 2 spiro atoms. The lowest BCUT2D eigenvalue weighted by molar-refractivity contribution is -0.138. The van der Waals surface area contributed by atoms with Gasteiger partial charge in [0, 0.05) is 35.6 Å². The highest BCUT2D eigenvalue weighted by atomic mass is 32.2. The number of benzene rings is 1. The first-order valence-corrected chi connectivity index (χ1v) is 11.8. The molecule has 7 nitrogen and oxygen atoms in total. The lowest BCUT2D eigenvalue weighted by atomic mass is 9.73. The van der Waals surface area contributed by atoms with Crippen LogP contribution in [0.15, 0.2) is 71.5 Å². The van der Waals surface area contributed by atoms with Gasteiger partial charge in [0.1, 0.15) is 14.8 Å². The topological polar surface area (TPSA) is 78.7 Å². The summed E-state index contributed by atoms with van der Waals surface area (Å²) >= 11 is 7.06. The standard InChI is InChI=1S/C24H20N4O3S2/c1-27-14-17(18-9-4-5-11-25-18)24(23(27)16-8-2-3-10-19(16)26-20(23)29)21(30)28(22(32)33-24)13-15-7-6-12-31-15/h2-12,17H,13-14H2,1H3,(H,26,29)/t17-,23-,24+/m1/s1. The molecule has 0 aliphatic carbocycles. The van der Waals surface area contributed by atoms with Crippen molar-refractivity contribution in [1.82, 2.24) is 14.8 Å². The number of hydrogen-bond donors (Lipinski definition) is 1. The van der Waals surface area contributed by atoms with Crippen molar-refractivity contribution in [3.8, 4) is 0 Å². The van der Waals surface area contributed by atoms with Crippen LogP contribution in [-0.4, -0.2) is 49.3 Å². The molecule has 0 unspecified atom stereocenters. The summed E-state index contributed by atoms with van der Waals surface area (Å²) in [5.74, 6) is -0.124. The lowest BCUT2D eigenvalue weighted by Crippen LogP contribution is -2.61. The van der Waals surface area contributed by atoms with Gasteiger partial charge in [0.05, 0.1) is 12.8 Å². The predicted octanol–water partition coefficient (Wildman–Crippen LogP) is 3.35. The number of amides is 2. The van der Waals surface area contributed by atoms with Gasteiger partial charge in [0.25, 0.3) is 5.91 Å². The predicted molar refractivity (Wildman–Crippen MR) is 129 cm³/mol. The molecule has 3 aromatic rings. The van der Waals surface area contributed by atoms with E-state index in [1.807, 2.05) is 60.5 Å². The number of hydrogen-bond acceptors (Lipinski definition) is 7. The zero-order valence-corrected chi connectivity index (χ0v) is 19.4. The number of thiocarbonyl (C=S) groups is 1. The number of nitrogens with one attached hydrogen (secondary N) is 1. The molecular formula is C24H20N4O3S2. The summed E-state index contributed by atoms with van der Waals surface area (Å²) in [5, 5.41) is 3.03. The smallest absolute Gasteiger partial charge is 0.251 e. The third-order valence-corrected chi connectivity index (χ3v) is 8.86. The van der Waals surface area contributed by atoms with Gasteiger partial charge in [-0.3, -0.25) is 24.4 Å². The number of rotatable bonds is 3. The van der Waals surface area contributed by atoms with Crippen molar-refractivity contribution in [3.63, 3.8) is 0 Å². The Kier molecular flexibility index (Phi) is 4.52. The zero-order valence-electron chi connectivity index (χ0n) is 17.7. The number of fused-ring (bicyclic) bond motifs is 3. The van der Waals surface area contributed by atoms with Crippen molar-refractivity contribution in [1.29, 1.82) is 0 Å². The fourth-order valence-corrected chi connectivity index (χ4v) is 7.73. The van der Waals surface area contributed by atoms with E-state index < -0.39 is 10.3 Å². The van der Waals surface area contributed by atoms with Gasteiger partial charge in [-0.25, -0.2) is 0 Å². The van der Waals surface area contributed by atoms with Crippen molar-refractivity contribution < 1.29 is 14.0 Å². The fourth-order valence-electron chi connectivity index (χ4n) is 5.61. The molecule has 2 aromatic heterocycles. The van der Waals surface area contributed by atoms with Crippen LogP contribution in [0.1, 0.15) is 22.9 Å². The Balaban J connectivity index is 1.59. The first kappa shape index (κ1) is 20.6. The van der Waals surface area contributed by atoms with Gasteiger partial charge >= 0.3 is 0 Å².